The van der Waals surface area contributed by atoms with Crippen LogP contribution >= 0.6 is 0 Å². The van der Waals surface area contributed by atoms with E-state index in [1.165, 1.54) is 22.6 Å². The number of rotatable bonds is 1. The average molecular weight is 265 g/mol. The third-order valence-electron chi connectivity index (χ3n) is 4.26. The molecule has 2 aromatic rings. The fourth-order valence-electron chi connectivity index (χ4n) is 3.44. The Hall–Kier alpha value is -2.16. The second-order valence-corrected chi connectivity index (χ2v) is 5.82. The van der Waals surface area contributed by atoms with Gasteiger partial charge in [0.15, 0.2) is 0 Å². The van der Waals surface area contributed by atoms with Crippen molar-refractivity contribution >= 4 is 17.1 Å². The molecule has 0 saturated heterocycles. The third kappa shape index (κ3) is 1.52. The molecule has 0 bridgehead atoms. The molecule has 0 fully saturated rings. The Balaban J connectivity index is 1.83. The number of nitrogens with one attached hydrogen (secondary N) is 2. The van der Waals surface area contributed by atoms with Crippen LogP contribution in [-0.4, -0.2) is 12.2 Å². The first-order chi connectivity index (χ1) is 9.75. The van der Waals surface area contributed by atoms with Crippen molar-refractivity contribution in [3.63, 3.8) is 0 Å². The van der Waals surface area contributed by atoms with Crippen LogP contribution in [0.2, 0.25) is 0 Å². The largest absolute Gasteiger partial charge is 0.373 e. The van der Waals surface area contributed by atoms with Crippen LogP contribution in [0.5, 0.6) is 0 Å². The number of anilines is 3. The van der Waals surface area contributed by atoms with E-state index in [1.54, 1.807) is 0 Å². The molecule has 2 aliphatic heterocycles. The van der Waals surface area contributed by atoms with Crippen molar-refractivity contribution in [3.8, 4) is 0 Å². The zero-order valence-corrected chi connectivity index (χ0v) is 11.8. The highest BCUT2D eigenvalue weighted by molar-refractivity contribution is 5.77. The summed E-state index contributed by atoms with van der Waals surface area (Å²) in [4.78, 5) is 2.48. The van der Waals surface area contributed by atoms with Gasteiger partial charge in [-0.25, -0.2) is 0 Å². The lowest BCUT2D eigenvalue weighted by atomic mass is 10.0. The van der Waals surface area contributed by atoms with Crippen LogP contribution in [0, 0.1) is 0 Å². The summed E-state index contributed by atoms with van der Waals surface area (Å²) in [5, 5.41) is 7.40. The second kappa shape index (κ2) is 4.17. The maximum Gasteiger partial charge on any atom is 0.124 e. The van der Waals surface area contributed by atoms with Crippen LogP contribution in [0.4, 0.5) is 17.1 Å². The minimum atomic E-state index is 0.280. The lowest BCUT2D eigenvalue weighted by Gasteiger charge is -2.39. The minimum Gasteiger partial charge on any atom is -0.373 e. The van der Waals surface area contributed by atoms with Gasteiger partial charge < -0.3 is 15.5 Å². The summed E-state index contributed by atoms with van der Waals surface area (Å²) < 4.78 is 0. The van der Waals surface area contributed by atoms with Gasteiger partial charge in [0.25, 0.3) is 0 Å². The quantitative estimate of drug-likeness (QED) is 0.821. The van der Waals surface area contributed by atoms with Crippen LogP contribution < -0.4 is 15.5 Å². The first kappa shape index (κ1) is 11.6. The maximum atomic E-state index is 3.70. The lowest BCUT2D eigenvalue weighted by molar-refractivity contribution is 0.560. The third-order valence-corrected chi connectivity index (χ3v) is 4.26. The first-order valence-corrected chi connectivity index (χ1v) is 7.25. The van der Waals surface area contributed by atoms with Crippen molar-refractivity contribution in [3.05, 3.63) is 54.1 Å². The fourth-order valence-corrected chi connectivity index (χ4v) is 3.44. The Kier molecular flexibility index (Phi) is 2.43. The second-order valence-electron chi connectivity index (χ2n) is 5.82. The molecular weight excluding hydrogens is 246 g/mol. The molecule has 20 heavy (non-hydrogen) atoms. The summed E-state index contributed by atoms with van der Waals surface area (Å²) in [6.45, 7) is 4.50. The van der Waals surface area contributed by atoms with Gasteiger partial charge in [-0.2, -0.15) is 0 Å². The molecule has 0 aliphatic carbocycles. The molecule has 0 saturated carbocycles. The summed E-state index contributed by atoms with van der Waals surface area (Å²) >= 11 is 0. The number of para-hydroxylation sites is 3. The molecule has 2 atom stereocenters. The fraction of sp³-hybridized carbons (Fsp3) is 0.294. The molecule has 3 nitrogen and oxygen atoms in total. The van der Waals surface area contributed by atoms with E-state index in [2.05, 4.69) is 77.9 Å². The van der Waals surface area contributed by atoms with Gasteiger partial charge in [0.05, 0.1) is 17.4 Å². The van der Waals surface area contributed by atoms with Gasteiger partial charge in [-0.15, -0.1) is 0 Å². The van der Waals surface area contributed by atoms with E-state index in [0.29, 0.717) is 12.1 Å². The van der Waals surface area contributed by atoms with Crippen LogP contribution in [0.15, 0.2) is 48.5 Å². The summed E-state index contributed by atoms with van der Waals surface area (Å²) in [5.74, 6) is 0. The highest BCUT2D eigenvalue weighted by Gasteiger charge is 2.41. The predicted octanol–water partition coefficient (Wildman–Crippen LogP) is 3.82. The van der Waals surface area contributed by atoms with Crippen LogP contribution in [0.1, 0.15) is 25.5 Å². The van der Waals surface area contributed by atoms with Crippen molar-refractivity contribution in [2.24, 2.45) is 0 Å². The minimum absolute atomic E-state index is 0.280. The standard InChI is InChI=1S/C17H19N3/c1-11(2)20-15-10-6-3-7-12(15)16-17(20)19-14-9-5-4-8-13(14)18-16/h3-11,16-19H,1-2H3. The van der Waals surface area contributed by atoms with Crippen molar-refractivity contribution in [2.75, 3.05) is 15.5 Å². The Morgan fingerprint density at radius 1 is 0.900 bits per heavy atom. The molecule has 4 rings (SSSR count). The Labute approximate surface area is 119 Å². The van der Waals surface area contributed by atoms with E-state index >= 15 is 0 Å². The number of hydrogen-bond donors (Lipinski definition) is 2. The number of benzene rings is 2. The number of hydrogen-bond acceptors (Lipinski definition) is 3. The molecule has 2 aliphatic rings. The molecule has 2 heterocycles. The van der Waals surface area contributed by atoms with Gasteiger partial charge in [-0.3, -0.25) is 0 Å². The Morgan fingerprint density at radius 3 is 2.30 bits per heavy atom. The summed E-state index contributed by atoms with van der Waals surface area (Å²) in [6.07, 6.45) is 0.280. The zero-order chi connectivity index (χ0) is 13.7. The van der Waals surface area contributed by atoms with E-state index in [-0.39, 0.29) is 6.17 Å². The van der Waals surface area contributed by atoms with Gasteiger partial charge in [0, 0.05) is 17.3 Å². The van der Waals surface area contributed by atoms with E-state index in [4.69, 9.17) is 0 Å². The summed E-state index contributed by atoms with van der Waals surface area (Å²) in [5.41, 5.74) is 5.10. The molecule has 0 amide bonds. The molecule has 2 aromatic carbocycles. The van der Waals surface area contributed by atoms with Crippen molar-refractivity contribution < 1.29 is 0 Å². The van der Waals surface area contributed by atoms with Gasteiger partial charge >= 0.3 is 0 Å². The van der Waals surface area contributed by atoms with Crippen molar-refractivity contribution in [1.29, 1.82) is 0 Å². The Bertz CT molecular complexity index is 650. The van der Waals surface area contributed by atoms with Gasteiger partial charge in [-0.05, 0) is 32.0 Å². The summed E-state index contributed by atoms with van der Waals surface area (Å²) in [6, 6.07) is 17.9. The molecule has 2 unspecified atom stereocenters. The van der Waals surface area contributed by atoms with E-state index in [0.717, 1.165) is 0 Å². The van der Waals surface area contributed by atoms with E-state index in [1.807, 2.05) is 0 Å². The predicted molar refractivity (Wildman–Crippen MR) is 84.3 cm³/mol. The number of nitrogens with zero attached hydrogens (tertiary/aromatic N) is 1. The van der Waals surface area contributed by atoms with Crippen LogP contribution in [-0.2, 0) is 0 Å². The van der Waals surface area contributed by atoms with E-state index in [9.17, 15) is 0 Å². The topological polar surface area (TPSA) is 27.3 Å². The average Bonchev–Trinajstić information content (AvgIpc) is 2.78. The zero-order valence-electron chi connectivity index (χ0n) is 11.8. The first-order valence-electron chi connectivity index (χ1n) is 7.25. The maximum absolute atomic E-state index is 3.70. The van der Waals surface area contributed by atoms with Crippen molar-refractivity contribution in [2.45, 2.75) is 32.1 Å². The van der Waals surface area contributed by atoms with Gasteiger partial charge in [-0.1, -0.05) is 30.3 Å². The highest BCUT2D eigenvalue weighted by Crippen LogP contribution is 2.46. The van der Waals surface area contributed by atoms with Crippen LogP contribution in [0.3, 0.4) is 0 Å². The smallest absolute Gasteiger partial charge is 0.124 e. The monoisotopic (exact) mass is 265 g/mol. The van der Waals surface area contributed by atoms with Gasteiger partial charge in [0.1, 0.15) is 6.17 Å². The molecule has 0 aromatic heterocycles. The molecule has 102 valence electrons. The lowest BCUT2D eigenvalue weighted by Crippen LogP contribution is -2.48. The SMILES string of the molecule is CC(C)N1c2ccccc2C2Nc3ccccc3NC21. The molecule has 0 radical (unpaired) electrons. The highest BCUT2D eigenvalue weighted by atomic mass is 15.4. The molecule has 3 heteroatoms. The molecular formula is C17H19N3. The molecule has 2 N–H and O–H groups in total. The van der Waals surface area contributed by atoms with Crippen molar-refractivity contribution in [1.82, 2.24) is 0 Å². The van der Waals surface area contributed by atoms with Gasteiger partial charge in [0.2, 0.25) is 0 Å². The van der Waals surface area contributed by atoms with E-state index < -0.39 is 0 Å². The molecule has 0 spiro atoms. The number of fused-ring (bicyclic) bond motifs is 4. The Morgan fingerprint density at radius 2 is 1.55 bits per heavy atom. The summed E-state index contributed by atoms with van der Waals surface area (Å²) in [7, 11) is 0. The van der Waals surface area contributed by atoms with Crippen LogP contribution in [0.25, 0.3) is 0 Å². The normalized spacial score (nSPS) is 22.6.